The number of hydrogen-bond acceptors (Lipinski definition) is 2. The highest BCUT2D eigenvalue weighted by Crippen LogP contribution is 2.31. The van der Waals surface area contributed by atoms with Crippen molar-refractivity contribution in [3.05, 3.63) is 58.6 Å². The highest BCUT2D eigenvalue weighted by molar-refractivity contribution is 9.10. The van der Waals surface area contributed by atoms with Crippen LogP contribution in [0.3, 0.4) is 0 Å². The molecule has 100 valence electrons. The molecule has 0 saturated carbocycles. The van der Waals surface area contributed by atoms with Crippen LogP contribution < -0.4 is 4.90 Å². The number of halogens is 1. The van der Waals surface area contributed by atoms with Crippen LogP contribution in [0, 0.1) is 0 Å². The average Bonchev–Trinajstić information content (AvgIpc) is 2.40. The van der Waals surface area contributed by atoms with Gasteiger partial charge in [0.15, 0.2) is 0 Å². The van der Waals surface area contributed by atoms with E-state index in [0.29, 0.717) is 0 Å². The molecule has 1 N–H and O–H groups in total. The standard InChI is InChI=1S/C16H18BrNO/c1-3-18(13-7-5-4-6-8-13)14-9-10-15(12(2)19)16(17)11-14/h4-12,19H,3H2,1-2H3. The summed E-state index contributed by atoms with van der Waals surface area (Å²) in [5, 5.41) is 9.66. The molecule has 0 aromatic heterocycles. The summed E-state index contributed by atoms with van der Waals surface area (Å²) < 4.78 is 0.939. The molecular weight excluding hydrogens is 302 g/mol. The quantitative estimate of drug-likeness (QED) is 0.885. The first kappa shape index (κ1) is 14.1. The number of rotatable bonds is 4. The largest absolute Gasteiger partial charge is 0.389 e. The second-order valence-corrected chi connectivity index (χ2v) is 5.32. The van der Waals surface area contributed by atoms with Crippen LogP contribution in [0.15, 0.2) is 53.0 Å². The van der Waals surface area contributed by atoms with Gasteiger partial charge < -0.3 is 10.0 Å². The fourth-order valence-corrected chi connectivity index (χ4v) is 2.84. The summed E-state index contributed by atoms with van der Waals surface area (Å²) >= 11 is 3.53. The molecule has 0 aliphatic carbocycles. The lowest BCUT2D eigenvalue weighted by Crippen LogP contribution is -2.16. The Bertz CT molecular complexity index is 540. The number of aliphatic hydroxyl groups excluding tert-OH is 1. The molecule has 0 fully saturated rings. The summed E-state index contributed by atoms with van der Waals surface area (Å²) in [6.07, 6.45) is -0.463. The van der Waals surface area contributed by atoms with Crippen molar-refractivity contribution in [1.29, 1.82) is 0 Å². The van der Waals surface area contributed by atoms with Gasteiger partial charge in [-0.3, -0.25) is 0 Å². The van der Waals surface area contributed by atoms with Gasteiger partial charge in [0.2, 0.25) is 0 Å². The summed E-state index contributed by atoms with van der Waals surface area (Å²) in [7, 11) is 0. The molecule has 0 aliphatic heterocycles. The van der Waals surface area contributed by atoms with Crippen LogP contribution >= 0.6 is 15.9 Å². The number of nitrogens with zero attached hydrogens (tertiary/aromatic N) is 1. The van der Waals surface area contributed by atoms with E-state index in [-0.39, 0.29) is 0 Å². The van der Waals surface area contributed by atoms with Crippen LogP contribution in [0.4, 0.5) is 11.4 Å². The number of para-hydroxylation sites is 1. The van der Waals surface area contributed by atoms with Crippen LogP contribution in [-0.4, -0.2) is 11.7 Å². The van der Waals surface area contributed by atoms with Crippen LogP contribution in [-0.2, 0) is 0 Å². The van der Waals surface area contributed by atoms with Crippen LogP contribution in [0.5, 0.6) is 0 Å². The Morgan fingerprint density at radius 3 is 2.32 bits per heavy atom. The maximum Gasteiger partial charge on any atom is 0.0772 e. The zero-order valence-corrected chi connectivity index (χ0v) is 12.8. The number of anilines is 2. The van der Waals surface area contributed by atoms with Crippen molar-refractivity contribution in [2.45, 2.75) is 20.0 Å². The topological polar surface area (TPSA) is 23.5 Å². The lowest BCUT2D eigenvalue weighted by molar-refractivity contribution is 0.198. The molecule has 2 aromatic rings. The van der Waals surface area contributed by atoms with E-state index in [1.54, 1.807) is 6.92 Å². The molecule has 19 heavy (non-hydrogen) atoms. The van der Waals surface area contributed by atoms with Crippen molar-refractivity contribution in [2.75, 3.05) is 11.4 Å². The van der Waals surface area contributed by atoms with E-state index in [0.717, 1.165) is 22.3 Å². The second-order valence-electron chi connectivity index (χ2n) is 4.46. The van der Waals surface area contributed by atoms with Gasteiger partial charge in [0, 0.05) is 22.4 Å². The molecule has 3 heteroatoms. The molecule has 0 aliphatic rings. The van der Waals surface area contributed by atoms with Crippen molar-refractivity contribution < 1.29 is 5.11 Å². The Hall–Kier alpha value is -1.32. The zero-order valence-electron chi connectivity index (χ0n) is 11.2. The maximum atomic E-state index is 9.66. The Balaban J connectivity index is 2.37. The molecule has 1 unspecified atom stereocenters. The Labute approximate surface area is 122 Å². The first-order chi connectivity index (χ1) is 9.13. The molecule has 0 saturated heterocycles. The van der Waals surface area contributed by atoms with E-state index in [9.17, 15) is 5.11 Å². The number of hydrogen-bond donors (Lipinski definition) is 1. The SMILES string of the molecule is CCN(c1ccccc1)c1ccc(C(C)O)c(Br)c1. The summed E-state index contributed by atoms with van der Waals surface area (Å²) in [5.41, 5.74) is 3.19. The van der Waals surface area contributed by atoms with Gasteiger partial charge in [0.25, 0.3) is 0 Å². The number of benzene rings is 2. The van der Waals surface area contributed by atoms with Gasteiger partial charge >= 0.3 is 0 Å². The van der Waals surface area contributed by atoms with Gasteiger partial charge in [-0.2, -0.15) is 0 Å². The molecule has 2 rings (SSSR count). The lowest BCUT2D eigenvalue weighted by atomic mass is 10.1. The normalized spacial score (nSPS) is 12.2. The first-order valence-electron chi connectivity index (χ1n) is 6.43. The minimum absolute atomic E-state index is 0.463. The molecule has 0 radical (unpaired) electrons. The van der Waals surface area contributed by atoms with Gasteiger partial charge in [0.05, 0.1) is 6.10 Å². The molecular formula is C16H18BrNO. The van der Waals surface area contributed by atoms with E-state index in [1.165, 1.54) is 5.69 Å². The average molecular weight is 320 g/mol. The van der Waals surface area contributed by atoms with Gasteiger partial charge in [-0.15, -0.1) is 0 Å². The third kappa shape index (κ3) is 3.17. The molecule has 0 spiro atoms. The molecule has 2 nitrogen and oxygen atoms in total. The smallest absolute Gasteiger partial charge is 0.0772 e. The van der Waals surface area contributed by atoms with Crippen LogP contribution in [0.2, 0.25) is 0 Å². The first-order valence-corrected chi connectivity index (χ1v) is 7.23. The van der Waals surface area contributed by atoms with Gasteiger partial charge in [0.1, 0.15) is 0 Å². The molecule has 1 atom stereocenters. The zero-order chi connectivity index (χ0) is 13.8. The van der Waals surface area contributed by atoms with E-state index in [4.69, 9.17) is 0 Å². The van der Waals surface area contributed by atoms with Crippen molar-refractivity contribution in [3.63, 3.8) is 0 Å². The molecule has 0 amide bonds. The van der Waals surface area contributed by atoms with Crippen molar-refractivity contribution in [3.8, 4) is 0 Å². The monoisotopic (exact) mass is 319 g/mol. The summed E-state index contributed by atoms with van der Waals surface area (Å²) in [6, 6.07) is 16.4. The van der Waals surface area contributed by atoms with Gasteiger partial charge in [-0.25, -0.2) is 0 Å². The summed E-state index contributed by atoms with van der Waals surface area (Å²) in [4.78, 5) is 2.23. The van der Waals surface area contributed by atoms with Crippen molar-refractivity contribution >= 4 is 27.3 Å². The predicted molar refractivity (Wildman–Crippen MR) is 83.9 cm³/mol. The molecule has 0 heterocycles. The van der Waals surface area contributed by atoms with E-state index >= 15 is 0 Å². The van der Waals surface area contributed by atoms with Crippen LogP contribution in [0.1, 0.15) is 25.5 Å². The Morgan fingerprint density at radius 1 is 1.11 bits per heavy atom. The fourth-order valence-electron chi connectivity index (χ4n) is 2.14. The van der Waals surface area contributed by atoms with E-state index < -0.39 is 6.10 Å². The second kappa shape index (κ2) is 6.22. The van der Waals surface area contributed by atoms with Gasteiger partial charge in [-0.05, 0) is 43.7 Å². The predicted octanol–water partition coefficient (Wildman–Crippen LogP) is 4.66. The summed E-state index contributed by atoms with van der Waals surface area (Å²) in [6.45, 7) is 4.79. The van der Waals surface area contributed by atoms with E-state index in [2.05, 4.69) is 46.0 Å². The lowest BCUT2D eigenvalue weighted by Gasteiger charge is -2.24. The highest BCUT2D eigenvalue weighted by Gasteiger charge is 2.11. The third-order valence-corrected chi connectivity index (χ3v) is 3.82. The maximum absolute atomic E-state index is 9.66. The van der Waals surface area contributed by atoms with E-state index in [1.807, 2.05) is 30.3 Å². The minimum Gasteiger partial charge on any atom is -0.389 e. The molecule has 2 aromatic carbocycles. The third-order valence-electron chi connectivity index (χ3n) is 3.13. The fraction of sp³-hybridized carbons (Fsp3) is 0.250. The van der Waals surface area contributed by atoms with Crippen molar-refractivity contribution in [1.82, 2.24) is 0 Å². The Morgan fingerprint density at radius 2 is 1.79 bits per heavy atom. The Kier molecular flexibility index (Phi) is 4.61. The number of aliphatic hydroxyl groups is 1. The van der Waals surface area contributed by atoms with Crippen molar-refractivity contribution in [2.24, 2.45) is 0 Å². The minimum atomic E-state index is -0.463. The molecule has 0 bridgehead atoms. The summed E-state index contributed by atoms with van der Waals surface area (Å²) in [5.74, 6) is 0. The van der Waals surface area contributed by atoms with Gasteiger partial charge in [-0.1, -0.05) is 40.2 Å². The highest BCUT2D eigenvalue weighted by atomic mass is 79.9. The van der Waals surface area contributed by atoms with Crippen LogP contribution in [0.25, 0.3) is 0 Å².